The minimum atomic E-state index is -1.05. The second-order valence-electron chi connectivity index (χ2n) is 8.96. The van der Waals surface area contributed by atoms with Crippen molar-refractivity contribution in [2.24, 2.45) is 11.3 Å². The number of aldehydes is 1. The van der Waals surface area contributed by atoms with E-state index in [2.05, 4.69) is 41.4 Å². The minimum absolute atomic E-state index is 0.0884. The van der Waals surface area contributed by atoms with E-state index in [-0.39, 0.29) is 11.7 Å². The van der Waals surface area contributed by atoms with Crippen LogP contribution < -0.4 is 0 Å². The van der Waals surface area contributed by atoms with Crippen molar-refractivity contribution in [3.8, 4) is 0 Å². The van der Waals surface area contributed by atoms with Crippen LogP contribution in [0.1, 0.15) is 46.9 Å². The molecule has 5 rings (SSSR count). The lowest BCUT2D eigenvalue weighted by Crippen LogP contribution is -2.41. The summed E-state index contributed by atoms with van der Waals surface area (Å²) < 4.78 is 1.96. The van der Waals surface area contributed by atoms with Crippen molar-refractivity contribution in [2.45, 2.75) is 25.3 Å². The summed E-state index contributed by atoms with van der Waals surface area (Å²) >= 11 is 0. The highest BCUT2D eigenvalue weighted by Crippen LogP contribution is 2.47. The molecule has 0 N–H and O–H groups in total. The zero-order valence-corrected chi connectivity index (χ0v) is 18.6. The molecule has 4 heteroatoms. The van der Waals surface area contributed by atoms with E-state index < -0.39 is 11.0 Å². The van der Waals surface area contributed by atoms with E-state index in [9.17, 15) is 9.59 Å². The largest absolute Gasteiger partial charge is 0.309 e. The summed E-state index contributed by atoms with van der Waals surface area (Å²) in [6.45, 7) is 1.77. The van der Waals surface area contributed by atoms with Crippen LogP contribution in [0.15, 0.2) is 104 Å². The fourth-order valence-electron chi connectivity index (χ4n) is 4.98. The third-order valence-corrected chi connectivity index (χ3v) is 6.97. The van der Waals surface area contributed by atoms with Crippen molar-refractivity contribution in [3.63, 3.8) is 0 Å². The average Bonchev–Trinajstić information content (AvgIpc) is 3.64. The molecule has 1 heterocycles. The SMILES string of the molecule is CC(C=O)(C(=O)c1cncn1C(c1ccccc1)(c1ccccc1)c1ccccc1)C1CC1. The second kappa shape index (κ2) is 8.28. The van der Waals surface area contributed by atoms with Crippen LogP contribution in [0, 0.1) is 11.3 Å². The van der Waals surface area contributed by atoms with Gasteiger partial charge in [-0.25, -0.2) is 4.98 Å². The van der Waals surface area contributed by atoms with Crippen LogP contribution in [0.25, 0.3) is 0 Å². The van der Waals surface area contributed by atoms with Crippen LogP contribution in [-0.4, -0.2) is 21.6 Å². The molecule has 0 radical (unpaired) electrons. The van der Waals surface area contributed by atoms with Gasteiger partial charge >= 0.3 is 0 Å². The molecule has 1 atom stereocenters. The Morgan fingerprint density at radius 3 is 1.70 bits per heavy atom. The Balaban J connectivity index is 1.84. The third-order valence-electron chi connectivity index (χ3n) is 6.97. The lowest BCUT2D eigenvalue weighted by Gasteiger charge is -2.39. The van der Waals surface area contributed by atoms with Gasteiger partial charge in [0.25, 0.3) is 0 Å². The van der Waals surface area contributed by atoms with Crippen molar-refractivity contribution in [1.82, 2.24) is 9.55 Å². The van der Waals surface area contributed by atoms with E-state index in [0.29, 0.717) is 5.69 Å². The van der Waals surface area contributed by atoms with Gasteiger partial charge in [0.2, 0.25) is 0 Å². The first-order chi connectivity index (χ1) is 16.1. The van der Waals surface area contributed by atoms with Crippen LogP contribution in [0.5, 0.6) is 0 Å². The zero-order valence-electron chi connectivity index (χ0n) is 18.6. The standard InChI is InChI=1S/C29H26N2O2/c1-28(20-32,22-17-18-22)27(33)26-19-30-21-31(26)29(23-11-5-2-6-12-23,24-13-7-3-8-14-24)25-15-9-4-10-16-25/h2-16,19-22H,17-18H2,1H3. The number of Topliss-reactive ketones (excluding diaryl/α,β-unsaturated/α-hetero) is 1. The summed E-state index contributed by atoms with van der Waals surface area (Å²) in [5, 5.41) is 0. The van der Waals surface area contributed by atoms with Crippen LogP contribution >= 0.6 is 0 Å². The van der Waals surface area contributed by atoms with E-state index in [1.807, 2.05) is 59.2 Å². The number of aromatic nitrogens is 2. The number of hydrogen-bond donors (Lipinski definition) is 0. The van der Waals surface area contributed by atoms with E-state index in [1.54, 1.807) is 19.4 Å². The summed E-state index contributed by atoms with van der Waals surface area (Å²) in [6.07, 6.45) is 5.96. The normalized spacial score (nSPS) is 15.5. The molecule has 0 spiro atoms. The number of ketones is 1. The highest BCUT2D eigenvalue weighted by atomic mass is 16.1. The lowest BCUT2D eigenvalue weighted by molar-refractivity contribution is -0.114. The van der Waals surface area contributed by atoms with Crippen LogP contribution in [0.2, 0.25) is 0 Å². The predicted octanol–water partition coefficient (Wildman–Crippen LogP) is 5.52. The quantitative estimate of drug-likeness (QED) is 0.159. The number of benzene rings is 3. The fourth-order valence-corrected chi connectivity index (χ4v) is 4.98. The van der Waals surface area contributed by atoms with E-state index >= 15 is 0 Å². The molecule has 1 saturated carbocycles. The first kappa shape index (κ1) is 21.1. The summed E-state index contributed by atoms with van der Waals surface area (Å²) in [5.74, 6) is -0.0879. The lowest BCUT2D eigenvalue weighted by atomic mass is 9.75. The summed E-state index contributed by atoms with van der Waals surface area (Å²) in [5.41, 5.74) is 1.58. The molecule has 4 aromatic rings. The monoisotopic (exact) mass is 434 g/mol. The number of carbonyl (C=O) groups is 2. The van der Waals surface area contributed by atoms with E-state index in [1.165, 1.54) is 0 Å². The fraction of sp³-hybridized carbons (Fsp3) is 0.207. The molecule has 1 aliphatic carbocycles. The summed E-state index contributed by atoms with van der Waals surface area (Å²) in [4.78, 5) is 30.5. The van der Waals surface area contributed by atoms with Gasteiger partial charge in [-0.05, 0) is 42.4 Å². The van der Waals surface area contributed by atoms with Gasteiger partial charge in [-0.1, -0.05) is 91.0 Å². The van der Waals surface area contributed by atoms with Crippen molar-refractivity contribution in [2.75, 3.05) is 0 Å². The highest BCUT2D eigenvalue weighted by Gasteiger charge is 2.50. The second-order valence-corrected chi connectivity index (χ2v) is 8.96. The Bertz CT molecular complexity index is 1160. The van der Waals surface area contributed by atoms with Gasteiger partial charge in [-0.3, -0.25) is 4.79 Å². The molecule has 0 saturated heterocycles. The number of nitrogens with zero attached hydrogens (tertiary/aromatic N) is 2. The Morgan fingerprint density at radius 2 is 1.30 bits per heavy atom. The maximum absolute atomic E-state index is 13.9. The molecule has 4 nitrogen and oxygen atoms in total. The number of carbonyl (C=O) groups excluding carboxylic acids is 2. The molecule has 3 aromatic carbocycles. The molecular formula is C29H26N2O2. The smallest absolute Gasteiger partial charge is 0.194 e. The minimum Gasteiger partial charge on any atom is -0.309 e. The third kappa shape index (κ3) is 3.34. The Hall–Kier alpha value is -3.79. The van der Waals surface area contributed by atoms with Gasteiger partial charge in [-0.15, -0.1) is 0 Å². The Kier molecular flexibility index (Phi) is 5.29. The first-order valence-corrected chi connectivity index (χ1v) is 11.3. The van der Waals surface area contributed by atoms with Crippen molar-refractivity contribution in [3.05, 3.63) is 126 Å². The topological polar surface area (TPSA) is 52.0 Å². The van der Waals surface area contributed by atoms with Crippen LogP contribution in [-0.2, 0) is 10.3 Å². The van der Waals surface area contributed by atoms with Crippen molar-refractivity contribution >= 4 is 12.1 Å². The van der Waals surface area contributed by atoms with Gasteiger partial charge in [0.15, 0.2) is 5.78 Å². The average molecular weight is 435 g/mol. The van der Waals surface area contributed by atoms with E-state index in [0.717, 1.165) is 35.8 Å². The summed E-state index contributed by atoms with van der Waals surface area (Å²) in [7, 11) is 0. The predicted molar refractivity (Wildman–Crippen MR) is 128 cm³/mol. The van der Waals surface area contributed by atoms with Crippen LogP contribution in [0.3, 0.4) is 0 Å². The van der Waals surface area contributed by atoms with Crippen LogP contribution in [0.4, 0.5) is 0 Å². The van der Waals surface area contributed by atoms with E-state index in [4.69, 9.17) is 0 Å². The highest BCUT2D eigenvalue weighted by molar-refractivity contribution is 6.08. The maximum atomic E-state index is 13.9. The van der Waals surface area contributed by atoms with Crippen molar-refractivity contribution in [1.29, 1.82) is 0 Å². The first-order valence-electron chi connectivity index (χ1n) is 11.3. The molecule has 33 heavy (non-hydrogen) atoms. The van der Waals surface area contributed by atoms with Gasteiger partial charge < -0.3 is 9.36 Å². The molecule has 1 aliphatic rings. The molecule has 164 valence electrons. The molecule has 1 aromatic heterocycles. The van der Waals surface area contributed by atoms with Crippen molar-refractivity contribution < 1.29 is 9.59 Å². The molecule has 1 unspecified atom stereocenters. The van der Waals surface area contributed by atoms with Gasteiger partial charge in [0, 0.05) is 0 Å². The number of imidazole rings is 1. The molecule has 0 bridgehead atoms. The zero-order chi connectivity index (χ0) is 22.9. The number of hydrogen-bond acceptors (Lipinski definition) is 3. The molecule has 0 amide bonds. The Labute approximate surface area is 193 Å². The summed E-state index contributed by atoms with van der Waals surface area (Å²) in [6, 6.07) is 30.5. The number of rotatable bonds is 8. The molecular weight excluding hydrogens is 408 g/mol. The van der Waals surface area contributed by atoms with Gasteiger partial charge in [0.1, 0.15) is 17.5 Å². The Morgan fingerprint density at radius 1 is 0.848 bits per heavy atom. The van der Waals surface area contributed by atoms with Gasteiger partial charge in [-0.2, -0.15) is 0 Å². The molecule has 0 aliphatic heterocycles. The maximum Gasteiger partial charge on any atom is 0.194 e. The van der Waals surface area contributed by atoms with Gasteiger partial charge in [0.05, 0.1) is 17.9 Å². The molecule has 1 fully saturated rings.